The van der Waals surface area contributed by atoms with Gasteiger partial charge in [0, 0.05) is 23.1 Å². The van der Waals surface area contributed by atoms with E-state index < -0.39 is 41.8 Å². The highest BCUT2D eigenvalue weighted by Gasteiger charge is 2.37. The van der Waals surface area contributed by atoms with Crippen LogP contribution in [0.3, 0.4) is 0 Å². The topological polar surface area (TPSA) is 146 Å². The first-order valence-electron chi connectivity index (χ1n) is 9.59. The van der Waals surface area contributed by atoms with Gasteiger partial charge in [-0.15, -0.1) is 0 Å². The lowest BCUT2D eigenvalue weighted by atomic mass is 9.95. The lowest BCUT2D eigenvalue weighted by molar-refractivity contribution is -0.482. The van der Waals surface area contributed by atoms with Crippen LogP contribution in [0.15, 0.2) is 39.5 Å². The van der Waals surface area contributed by atoms with Crippen LogP contribution in [0.1, 0.15) is 43.8 Å². The van der Waals surface area contributed by atoms with Crippen molar-refractivity contribution in [1.29, 1.82) is 0 Å². The van der Waals surface area contributed by atoms with E-state index in [0.29, 0.717) is 5.56 Å². The predicted molar refractivity (Wildman–Crippen MR) is 115 cm³/mol. The maximum atomic E-state index is 12.3. The van der Waals surface area contributed by atoms with E-state index in [1.807, 2.05) is 13.1 Å². The molecule has 1 atom stereocenters. The summed E-state index contributed by atoms with van der Waals surface area (Å²) in [5, 5.41) is 32.4. The zero-order valence-corrected chi connectivity index (χ0v) is 19.1. The van der Waals surface area contributed by atoms with Gasteiger partial charge in [-0.3, -0.25) is 25.0 Å². The van der Waals surface area contributed by atoms with E-state index in [1.54, 1.807) is 0 Å². The molecule has 0 aliphatic rings. The van der Waals surface area contributed by atoms with Crippen LogP contribution in [-0.4, -0.2) is 29.8 Å². The molecule has 168 valence electrons. The van der Waals surface area contributed by atoms with Gasteiger partial charge >= 0.3 is 0 Å². The molecule has 0 amide bonds. The fraction of sp³-hybridized carbons (Fsp3) is 0.450. The minimum absolute atomic E-state index is 0.0234. The first kappa shape index (κ1) is 24.2. The molecule has 0 fully saturated rings. The van der Waals surface area contributed by atoms with Crippen molar-refractivity contribution < 1.29 is 23.8 Å². The summed E-state index contributed by atoms with van der Waals surface area (Å²) in [7, 11) is -2.17. The van der Waals surface area contributed by atoms with E-state index in [4.69, 9.17) is 8.84 Å². The molecular formula is C20H26N2O8Si. The fourth-order valence-electron chi connectivity index (χ4n) is 2.65. The molecule has 0 spiro atoms. The Bertz CT molecular complexity index is 1020. The Morgan fingerprint density at radius 2 is 1.74 bits per heavy atom. The van der Waals surface area contributed by atoms with Crippen LogP contribution >= 0.6 is 0 Å². The van der Waals surface area contributed by atoms with E-state index in [9.17, 15) is 30.1 Å². The van der Waals surface area contributed by atoms with Crippen molar-refractivity contribution in [2.45, 2.75) is 51.4 Å². The van der Waals surface area contributed by atoms with Gasteiger partial charge in [0.05, 0.1) is 11.5 Å². The smallest absolute Gasteiger partial charge is 0.269 e. The Labute approximate surface area is 179 Å². The van der Waals surface area contributed by atoms with Gasteiger partial charge in [-0.25, -0.2) is 0 Å². The Balaban J connectivity index is 2.47. The van der Waals surface area contributed by atoms with Gasteiger partial charge < -0.3 is 13.9 Å². The third-order valence-corrected chi connectivity index (χ3v) is 10.0. The highest BCUT2D eigenvalue weighted by molar-refractivity contribution is 6.74. The monoisotopic (exact) mass is 450 g/mol. The average Bonchev–Trinajstić information content (AvgIpc) is 2.66. The maximum absolute atomic E-state index is 12.3. The first-order chi connectivity index (χ1) is 14.2. The molecule has 0 radical (unpaired) electrons. The molecule has 0 aliphatic carbocycles. The van der Waals surface area contributed by atoms with Gasteiger partial charge in [-0.1, -0.05) is 32.9 Å². The summed E-state index contributed by atoms with van der Waals surface area (Å²) in [4.78, 5) is 33.3. The zero-order valence-electron chi connectivity index (χ0n) is 18.1. The third kappa shape index (κ3) is 5.76. The number of rotatable bonds is 8. The van der Waals surface area contributed by atoms with Crippen LogP contribution in [0.5, 0.6) is 5.75 Å². The highest BCUT2D eigenvalue weighted by atomic mass is 28.4. The number of benzene rings is 1. The van der Waals surface area contributed by atoms with Gasteiger partial charge in [-0.2, -0.15) is 0 Å². The van der Waals surface area contributed by atoms with Gasteiger partial charge in [0.2, 0.25) is 17.7 Å². The number of hydrogen-bond acceptors (Lipinski definition) is 8. The molecule has 2 rings (SSSR count). The van der Waals surface area contributed by atoms with Crippen molar-refractivity contribution in [2.75, 3.05) is 6.54 Å². The van der Waals surface area contributed by atoms with Crippen LogP contribution in [0, 0.1) is 20.2 Å². The normalized spacial score (nSPS) is 13.1. The summed E-state index contributed by atoms with van der Waals surface area (Å²) in [5.74, 6) is -1.98. The van der Waals surface area contributed by atoms with Crippen LogP contribution in [0.4, 0.5) is 5.69 Å². The van der Waals surface area contributed by atoms with Crippen molar-refractivity contribution in [3.8, 4) is 5.75 Å². The van der Waals surface area contributed by atoms with E-state index in [-0.39, 0.29) is 28.9 Å². The molecular weight excluding hydrogens is 424 g/mol. The lowest BCUT2D eigenvalue weighted by Gasteiger charge is -2.35. The van der Waals surface area contributed by atoms with Gasteiger partial charge in [0.1, 0.15) is 11.7 Å². The van der Waals surface area contributed by atoms with E-state index >= 15 is 0 Å². The van der Waals surface area contributed by atoms with Gasteiger partial charge in [0.25, 0.3) is 5.69 Å². The summed E-state index contributed by atoms with van der Waals surface area (Å²) in [5.41, 5.74) is -0.639. The van der Waals surface area contributed by atoms with Crippen LogP contribution < -0.4 is 5.43 Å². The third-order valence-electron chi connectivity index (χ3n) is 5.54. The molecule has 0 bridgehead atoms. The Kier molecular flexibility index (Phi) is 7.02. The number of non-ortho nitro benzene ring substituents is 1. The second kappa shape index (κ2) is 8.98. The molecule has 11 heteroatoms. The minimum Gasteiger partial charge on any atom is -0.502 e. The average molecular weight is 451 g/mol. The van der Waals surface area contributed by atoms with Crippen LogP contribution in [-0.2, 0) is 11.0 Å². The van der Waals surface area contributed by atoms with Crippen LogP contribution in [0.2, 0.25) is 18.1 Å². The SMILES string of the molecule is CC(C)(C)[Si](C)(C)OCc1cc(=O)c(O)c(C(C[N+](=O)[O-])c2ccc([N+](=O)[O-])cc2)o1. The van der Waals surface area contributed by atoms with Crippen LogP contribution in [0.25, 0.3) is 0 Å². The molecule has 0 saturated carbocycles. The van der Waals surface area contributed by atoms with Crippen molar-refractivity contribution in [3.05, 3.63) is 77.9 Å². The molecule has 1 heterocycles. The summed E-state index contributed by atoms with van der Waals surface area (Å²) in [6.07, 6.45) is 0. The Morgan fingerprint density at radius 1 is 1.16 bits per heavy atom. The number of nitrogens with zero attached hydrogens (tertiary/aromatic N) is 2. The highest BCUT2D eigenvalue weighted by Crippen LogP contribution is 2.37. The second-order valence-corrected chi connectivity index (χ2v) is 13.6. The zero-order chi connectivity index (χ0) is 23.6. The molecule has 0 saturated heterocycles. The lowest BCUT2D eigenvalue weighted by Crippen LogP contribution is -2.40. The van der Waals surface area contributed by atoms with Crippen molar-refractivity contribution in [1.82, 2.24) is 0 Å². The van der Waals surface area contributed by atoms with Gasteiger partial charge in [0.15, 0.2) is 14.1 Å². The number of nitro groups is 2. The molecule has 1 unspecified atom stereocenters. The van der Waals surface area contributed by atoms with Gasteiger partial charge in [-0.05, 0) is 23.7 Å². The van der Waals surface area contributed by atoms with E-state index in [2.05, 4.69) is 20.8 Å². The number of aromatic hydroxyl groups is 1. The molecule has 31 heavy (non-hydrogen) atoms. The molecule has 10 nitrogen and oxygen atoms in total. The molecule has 2 aromatic rings. The van der Waals surface area contributed by atoms with E-state index in [1.165, 1.54) is 24.3 Å². The number of hydrogen-bond donors (Lipinski definition) is 1. The quantitative estimate of drug-likeness (QED) is 0.358. The summed E-state index contributed by atoms with van der Waals surface area (Å²) >= 11 is 0. The molecule has 1 aromatic carbocycles. The second-order valence-electron chi connectivity index (χ2n) is 8.76. The molecule has 1 N–H and O–H groups in total. The standard InChI is InChI=1S/C20H26N2O8Si/c1-20(2,3)31(4,5)29-12-15-10-17(23)18(24)19(30-15)16(11-21(25)26)13-6-8-14(9-7-13)22(27)28/h6-10,16,24H,11-12H2,1-5H3. The van der Waals surface area contributed by atoms with Crippen molar-refractivity contribution in [3.63, 3.8) is 0 Å². The Morgan fingerprint density at radius 3 is 2.23 bits per heavy atom. The minimum atomic E-state index is -2.17. The molecule has 1 aromatic heterocycles. The van der Waals surface area contributed by atoms with Crippen molar-refractivity contribution >= 4 is 14.0 Å². The Hall–Kier alpha value is -3.05. The predicted octanol–water partition coefficient (Wildman–Crippen LogP) is 4.18. The molecule has 0 aliphatic heterocycles. The van der Waals surface area contributed by atoms with Crippen molar-refractivity contribution in [2.24, 2.45) is 0 Å². The summed E-state index contributed by atoms with van der Waals surface area (Å²) in [6.45, 7) is 9.51. The van der Waals surface area contributed by atoms with E-state index in [0.717, 1.165) is 6.07 Å². The largest absolute Gasteiger partial charge is 0.502 e. The first-order valence-corrected chi connectivity index (χ1v) is 12.5. The maximum Gasteiger partial charge on any atom is 0.269 e. The summed E-state index contributed by atoms with van der Waals surface area (Å²) < 4.78 is 11.8. The fourth-order valence-corrected chi connectivity index (χ4v) is 3.58. The summed E-state index contributed by atoms with van der Waals surface area (Å²) in [6, 6.07) is 6.17. The number of nitro benzene ring substituents is 1.